The molecule has 0 aliphatic heterocycles. The molecular formula is C11H8FN3O3S. The van der Waals surface area contributed by atoms with Crippen LogP contribution in [-0.4, -0.2) is 13.6 Å². The van der Waals surface area contributed by atoms with Gasteiger partial charge in [0.25, 0.3) is 0 Å². The Hall–Kier alpha value is -2.24. The van der Waals surface area contributed by atoms with Crippen molar-refractivity contribution in [3.8, 4) is 6.07 Å². The van der Waals surface area contributed by atoms with Crippen LogP contribution in [0.25, 0.3) is 0 Å². The Bertz CT molecular complexity index is 720. The standard InChI is InChI=1S/C11H8FN3O3S/c12-11-2-1-10(5-8(11)6-13)19(16,17)14-7-9-3-4-18-15-9/h1-5,14H,7H2. The van der Waals surface area contributed by atoms with E-state index in [4.69, 9.17) is 5.26 Å². The number of hydrogen-bond acceptors (Lipinski definition) is 5. The Balaban J connectivity index is 2.22. The molecule has 2 rings (SSSR count). The van der Waals surface area contributed by atoms with Crippen molar-refractivity contribution in [2.45, 2.75) is 11.4 Å². The van der Waals surface area contributed by atoms with E-state index in [1.165, 1.54) is 12.3 Å². The molecule has 2 aromatic rings. The number of sulfonamides is 1. The number of nitriles is 1. The van der Waals surface area contributed by atoms with Crippen LogP contribution in [0.5, 0.6) is 0 Å². The lowest BCUT2D eigenvalue weighted by Crippen LogP contribution is -2.23. The molecule has 0 spiro atoms. The third kappa shape index (κ3) is 2.96. The lowest BCUT2D eigenvalue weighted by Gasteiger charge is -2.05. The summed E-state index contributed by atoms with van der Waals surface area (Å²) in [4.78, 5) is -0.186. The number of nitrogens with one attached hydrogen (secondary N) is 1. The molecule has 0 aliphatic carbocycles. The molecule has 0 aliphatic rings. The molecule has 0 atom stereocenters. The number of rotatable bonds is 4. The van der Waals surface area contributed by atoms with Crippen LogP contribution in [0.1, 0.15) is 11.3 Å². The first-order chi connectivity index (χ1) is 9.03. The highest BCUT2D eigenvalue weighted by atomic mass is 32.2. The van der Waals surface area contributed by atoms with Crippen LogP contribution in [0.3, 0.4) is 0 Å². The van der Waals surface area contributed by atoms with Gasteiger partial charge in [0.15, 0.2) is 0 Å². The minimum absolute atomic E-state index is 0.0574. The number of aromatic nitrogens is 1. The zero-order valence-corrected chi connectivity index (χ0v) is 10.3. The first kappa shape index (κ1) is 13.2. The number of benzene rings is 1. The highest BCUT2D eigenvalue weighted by Gasteiger charge is 2.16. The molecule has 1 aromatic heterocycles. The Morgan fingerprint density at radius 1 is 1.42 bits per heavy atom. The average Bonchev–Trinajstić information content (AvgIpc) is 2.90. The maximum Gasteiger partial charge on any atom is 0.240 e. The molecule has 0 fully saturated rings. The van der Waals surface area contributed by atoms with Crippen molar-refractivity contribution >= 4 is 10.0 Å². The summed E-state index contributed by atoms with van der Waals surface area (Å²) in [5, 5.41) is 12.2. The summed E-state index contributed by atoms with van der Waals surface area (Å²) < 4.78 is 43.7. The SMILES string of the molecule is N#Cc1cc(S(=O)(=O)NCc2ccon2)ccc1F. The predicted molar refractivity (Wildman–Crippen MR) is 61.6 cm³/mol. The van der Waals surface area contributed by atoms with E-state index in [9.17, 15) is 12.8 Å². The van der Waals surface area contributed by atoms with Gasteiger partial charge in [-0.25, -0.2) is 17.5 Å². The summed E-state index contributed by atoms with van der Waals surface area (Å²) in [7, 11) is -3.84. The van der Waals surface area contributed by atoms with E-state index < -0.39 is 15.8 Å². The van der Waals surface area contributed by atoms with Crippen LogP contribution in [-0.2, 0) is 16.6 Å². The van der Waals surface area contributed by atoms with Gasteiger partial charge in [0.1, 0.15) is 18.1 Å². The minimum atomic E-state index is -3.84. The molecule has 6 nitrogen and oxygen atoms in total. The van der Waals surface area contributed by atoms with Crippen LogP contribution in [0.2, 0.25) is 0 Å². The summed E-state index contributed by atoms with van der Waals surface area (Å²) in [6.45, 7) is -0.0574. The molecule has 1 N–H and O–H groups in total. The lowest BCUT2D eigenvalue weighted by molar-refractivity contribution is 0.411. The first-order valence-electron chi connectivity index (χ1n) is 5.11. The summed E-state index contributed by atoms with van der Waals surface area (Å²) in [5.41, 5.74) is 0.0792. The van der Waals surface area contributed by atoms with Gasteiger partial charge in [-0.15, -0.1) is 0 Å². The second-order valence-corrected chi connectivity index (χ2v) is 5.34. The molecule has 0 amide bonds. The zero-order chi connectivity index (χ0) is 13.9. The fourth-order valence-corrected chi connectivity index (χ4v) is 2.36. The van der Waals surface area contributed by atoms with Crippen LogP contribution < -0.4 is 4.72 Å². The third-order valence-electron chi connectivity index (χ3n) is 2.30. The molecule has 0 saturated carbocycles. The van der Waals surface area contributed by atoms with Crippen molar-refractivity contribution in [1.29, 1.82) is 5.26 Å². The van der Waals surface area contributed by atoms with Gasteiger partial charge in [0.2, 0.25) is 10.0 Å². The van der Waals surface area contributed by atoms with Gasteiger partial charge >= 0.3 is 0 Å². The largest absolute Gasteiger partial charge is 0.364 e. The van der Waals surface area contributed by atoms with Crippen molar-refractivity contribution in [2.75, 3.05) is 0 Å². The van der Waals surface area contributed by atoms with Crippen LogP contribution in [0, 0.1) is 17.1 Å². The van der Waals surface area contributed by atoms with E-state index >= 15 is 0 Å². The molecule has 98 valence electrons. The van der Waals surface area contributed by atoms with Gasteiger partial charge in [-0.05, 0) is 18.2 Å². The van der Waals surface area contributed by atoms with E-state index in [1.807, 2.05) is 0 Å². The van der Waals surface area contributed by atoms with Crippen molar-refractivity contribution in [1.82, 2.24) is 9.88 Å². The van der Waals surface area contributed by atoms with Gasteiger partial charge in [0.05, 0.1) is 22.7 Å². The van der Waals surface area contributed by atoms with E-state index in [2.05, 4.69) is 14.4 Å². The Kier molecular flexibility index (Phi) is 3.59. The number of halogens is 1. The van der Waals surface area contributed by atoms with Crippen molar-refractivity contribution < 1.29 is 17.3 Å². The molecule has 8 heteroatoms. The Morgan fingerprint density at radius 2 is 2.21 bits per heavy atom. The van der Waals surface area contributed by atoms with Gasteiger partial charge < -0.3 is 4.52 Å². The lowest BCUT2D eigenvalue weighted by atomic mass is 10.2. The Morgan fingerprint density at radius 3 is 2.84 bits per heavy atom. The van der Waals surface area contributed by atoms with Gasteiger partial charge in [-0.2, -0.15) is 5.26 Å². The van der Waals surface area contributed by atoms with Crippen LogP contribution in [0.15, 0.2) is 39.9 Å². The van der Waals surface area contributed by atoms with Gasteiger partial charge in [-0.3, -0.25) is 0 Å². The fraction of sp³-hybridized carbons (Fsp3) is 0.0909. The summed E-state index contributed by atoms with van der Waals surface area (Å²) >= 11 is 0. The average molecular weight is 281 g/mol. The minimum Gasteiger partial charge on any atom is -0.364 e. The van der Waals surface area contributed by atoms with Crippen molar-refractivity contribution in [2.24, 2.45) is 0 Å². The maximum absolute atomic E-state index is 13.1. The Labute approximate surface area is 108 Å². The van der Waals surface area contributed by atoms with Crippen molar-refractivity contribution in [3.05, 3.63) is 47.6 Å². The number of nitrogens with zero attached hydrogens (tertiary/aromatic N) is 2. The molecule has 0 radical (unpaired) electrons. The summed E-state index contributed by atoms with van der Waals surface area (Å²) in [6, 6.07) is 6.08. The fourth-order valence-electron chi connectivity index (χ4n) is 1.34. The quantitative estimate of drug-likeness (QED) is 0.907. The van der Waals surface area contributed by atoms with Crippen molar-refractivity contribution in [3.63, 3.8) is 0 Å². The van der Waals surface area contributed by atoms with E-state index in [0.29, 0.717) is 5.69 Å². The van der Waals surface area contributed by atoms with Crippen LogP contribution >= 0.6 is 0 Å². The van der Waals surface area contributed by atoms with Gasteiger partial charge in [0, 0.05) is 6.07 Å². The molecule has 1 aromatic carbocycles. The van der Waals surface area contributed by atoms with E-state index in [-0.39, 0.29) is 17.0 Å². The number of hydrogen-bond donors (Lipinski definition) is 1. The highest BCUT2D eigenvalue weighted by molar-refractivity contribution is 7.89. The molecule has 0 saturated heterocycles. The topological polar surface area (TPSA) is 96.0 Å². The van der Waals surface area contributed by atoms with Gasteiger partial charge in [-0.1, -0.05) is 5.16 Å². The third-order valence-corrected chi connectivity index (χ3v) is 3.70. The van der Waals surface area contributed by atoms with Crippen LogP contribution in [0.4, 0.5) is 4.39 Å². The highest BCUT2D eigenvalue weighted by Crippen LogP contribution is 2.14. The van der Waals surface area contributed by atoms with E-state index in [1.54, 1.807) is 6.07 Å². The second kappa shape index (κ2) is 5.17. The van der Waals surface area contributed by atoms with E-state index in [0.717, 1.165) is 18.2 Å². The smallest absolute Gasteiger partial charge is 0.240 e. The zero-order valence-electron chi connectivity index (χ0n) is 9.50. The molecule has 1 heterocycles. The first-order valence-corrected chi connectivity index (χ1v) is 6.60. The summed E-state index contributed by atoms with van der Waals surface area (Å²) in [5.74, 6) is -0.766. The molecule has 0 bridgehead atoms. The predicted octanol–water partition coefficient (Wildman–Crippen LogP) is 1.16. The second-order valence-electron chi connectivity index (χ2n) is 3.57. The molecule has 19 heavy (non-hydrogen) atoms. The summed E-state index contributed by atoms with van der Waals surface area (Å²) in [6.07, 6.45) is 1.31. The molecular weight excluding hydrogens is 273 g/mol. The normalized spacial score (nSPS) is 11.2. The maximum atomic E-state index is 13.1. The monoisotopic (exact) mass is 281 g/mol. The molecule has 0 unspecified atom stereocenters.